The fourth-order valence-electron chi connectivity index (χ4n) is 2.96. The summed E-state index contributed by atoms with van der Waals surface area (Å²) in [5.41, 5.74) is 2.68. The molecule has 0 aliphatic rings. The molecule has 0 aromatic heterocycles. The van der Waals surface area contributed by atoms with E-state index in [1.54, 1.807) is 17.8 Å². The van der Waals surface area contributed by atoms with Gasteiger partial charge in [-0.25, -0.2) is 17.9 Å². The van der Waals surface area contributed by atoms with Crippen molar-refractivity contribution < 1.29 is 23.4 Å². The molecule has 0 aliphatic heterocycles. The number of carbonyl (C=O) groups is 1. The molecule has 3 aromatic carbocycles. The Bertz CT molecular complexity index is 1080. The molecule has 0 spiro atoms. The molecule has 3 rings (SSSR count). The van der Waals surface area contributed by atoms with Gasteiger partial charge >= 0.3 is 5.97 Å². The van der Waals surface area contributed by atoms with Crippen LogP contribution in [-0.4, -0.2) is 35.3 Å². The van der Waals surface area contributed by atoms with E-state index in [2.05, 4.69) is 0 Å². The van der Waals surface area contributed by atoms with Crippen molar-refractivity contribution in [2.75, 3.05) is 19.9 Å². The van der Waals surface area contributed by atoms with Gasteiger partial charge in [-0.05, 0) is 78.8 Å². The van der Waals surface area contributed by atoms with Crippen molar-refractivity contribution >= 4 is 29.7 Å². The second-order valence-corrected chi connectivity index (χ2v) is 8.86. The molecule has 4 nitrogen and oxygen atoms in total. The van der Waals surface area contributed by atoms with Crippen LogP contribution in [-0.2, 0) is 11.3 Å². The summed E-state index contributed by atoms with van der Waals surface area (Å²) in [7, 11) is 1.86. The summed E-state index contributed by atoms with van der Waals surface area (Å²) in [6, 6.07) is 17.3. The van der Waals surface area contributed by atoms with Gasteiger partial charge in [0, 0.05) is 21.9 Å². The van der Waals surface area contributed by atoms with Crippen molar-refractivity contribution in [3.05, 3.63) is 77.9 Å². The van der Waals surface area contributed by atoms with Crippen molar-refractivity contribution in [1.82, 2.24) is 4.31 Å². The van der Waals surface area contributed by atoms with E-state index >= 15 is 0 Å². The SMILES string of the molecule is CSc1cccc(-c2cc(CN(C)Sc3ccc(F)c(F)c3)ccc2OCC(=O)O)c1. The number of carboxylic acids is 1. The predicted molar refractivity (Wildman–Crippen MR) is 120 cm³/mol. The zero-order valence-electron chi connectivity index (χ0n) is 17.0. The molecule has 0 unspecified atom stereocenters. The Kier molecular flexibility index (Phi) is 7.95. The number of aliphatic carboxylic acids is 1. The zero-order chi connectivity index (χ0) is 22.4. The summed E-state index contributed by atoms with van der Waals surface area (Å²) in [6.07, 6.45) is 1.99. The number of thioether (sulfide) groups is 1. The average Bonchev–Trinajstić information content (AvgIpc) is 2.75. The molecule has 0 heterocycles. The van der Waals surface area contributed by atoms with Gasteiger partial charge in [-0.15, -0.1) is 11.8 Å². The number of hydrogen-bond donors (Lipinski definition) is 1. The van der Waals surface area contributed by atoms with Crippen LogP contribution in [0.15, 0.2) is 70.5 Å². The van der Waals surface area contributed by atoms with Crippen molar-refractivity contribution in [2.45, 2.75) is 16.3 Å². The number of benzene rings is 3. The first-order valence-corrected chi connectivity index (χ1v) is 11.3. The molecule has 0 saturated carbocycles. The minimum absolute atomic E-state index is 0.430. The molecule has 0 aliphatic carbocycles. The summed E-state index contributed by atoms with van der Waals surface area (Å²) in [5, 5.41) is 8.98. The molecule has 0 bridgehead atoms. The lowest BCUT2D eigenvalue weighted by atomic mass is 10.0. The highest BCUT2D eigenvalue weighted by Crippen LogP contribution is 2.34. The van der Waals surface area contributed by atoms with Gasteiger partial charge in [0.15, 0.2) is 18.2 Å². The normalized spacial score (nSPS) is 11.0. The number of halogens is 2. The van der Waals surface area contributed by atoms with E-state index in [9.17, 15) is 13.6 Å². The maximum absolute atomic E-state index is 13.5. The van der Waals surface area contributed by atoms with E-state index in [4.69, 9.17) is 9.84 Å². The second kappa shape index (κ2) is 10.7. The van der Waals surface area contributed by atoms with Crippen molar-refractivity contribution in [2.24, 2.45) is 0 Å². The third-order valence-electron chi connectivity index (χ3n) is 4.33. The average molecular weight is 462 g/mol. The van der Waals surface area contributed by atoms with Gasteiger partial charge in [0.25, 0.3) is 0 Å². The Balaban J connectivity index is 1.84. The van der Waals surface area contributed by atoms with Crippen LogP contribution in [0.4, 0.5) is 8.78 Å². The highest BCUT2D eigenvalue weighted by Gasteiger charge is 2.13. The third-order valence-corrected chi connectivity index (χ3v) is 5.96. The molecule has 0 saturated heterocycles. The smallest absolute Gasteiger partial charge is 0.341 e. The van der Waals surface area contributed by atoms with Crippen LogP contribution in [0, 0.1) is 11.6 Å². The van der Waals surface area contributed by atoms with Crippen molar-refractivity contribution in [3.63, 3.8) is 0 Å². The van der Waals surface area contributed by atoms with Crippen LogP contribution in [0.2, 0.25) is 0 Å². The second-order valence-electron chi connectivity index (χ2n) is 6.70. The first kappa shape index (κ1) is 23.1. The van der Waals surface area contributed by atoms with Crippen LogP contribution in [0.3, 0.4) is 0 Å². The van der Waals surface area contributed by atoms with Gasteiger partial charge in [0.2, 0.25) is 0 Å². The van der Waals surface area contributed by atoms with Gasteiger partial charge in [-0.3, -0.25) is 0 Å². The molecular formula is C23H21F2NO3S2. The van der Waals surface area contributed by atoms with Crippen LogP contribution in [0.25, 0.3) is 11.1 Å². The van der Waals surface area contributed by atoms with Gasteiger partial charge < -0.3 is 9.84 Å². The Morgan fingerprint density at radius 1 is 1.03 bits per heavy atom. The summed E-state index contributed by atoms with van der Waals surface area (Å²) >= 11 is 2.92. The number of ether oxygens (including phenoxy) is 1. The zero-order valence-corrected chi connectivity index (χ0v) is 18.6. The highest BCUT2D eigenvalue weighted by molar-refractivity contribution is 7.98. The minimum atomic E-state index is -1.05. The third kappa shape index (κ3) is 6.46. The van der Waals surface area contributed by atoms with Crippen LogP contribution in [0.5, 0.6) is 5.75 Å². The van der Waals surface area contributed by atoms with E-state index in [-0.39, 0.29) is 0 Å². The fraction of sp³-hybridized carbons (Fsp3) is 0.174. The summed E-state index contributed by atoms with van der Waals surface area (Å²) in [5.74, 6) is -2.31. The number of hydrogen-bond acceptors (Lipinski definition) is 5. The van der Waals surface area contributed by atoms with Crippen LogP contribution < -0.4 is 4.74 Å². The van der Waals surface area contributed by atoms with Crippen LogP contribution >= 0.6 is 23.7 Å². The van der Waals surface area contributed by atoms with Gasteiger partial charge in [0.05, 0.1) is 0 Å². The van der Waals surface area contributed by atoms with E-state index in [0.717, 1.165) is 27.7 Å². The molecule has 3 aromatic rings. The summed E-state index contributed by atoms with van der Waals surface area (Å²) in [6.45, 7) is 0.0958. The van der Waals surface area contributed by atoms with Crippen molar-refractivity contribution in [1.29, 1.82) is 0 Å². The molecule has 0 atom stereocenters. The lowest BCUT2D eigenvalue weighted by molar-refractivity contribution is -0.139. The van der Waals surface area contributed by atoms with E-state index in [0.29, 0.717) is 17.2 Å². The standard InChI is InChI=1S/C23H21F2NO3S2/c1-26(31-18-7-8-20(24)21(25)12-18)13-15-6-9-22(29-14-23(27)28)19(10-15)16-4-3-5-17(11-16)30-2/h3-12H,13-14H2,1-2H3,(H,27,28). The predicted octanol–water partition coefficient (Wildman–Crippen LogP) is 5.96. The molecule has 0 amide bonds. The van der Waals surface area contributed by atoms with Gasteiger partial charge in [-0.2, -0.15) is 0 Å². The van der Waals surface area contributed by atoms with Gasteiger partial charge in [0.1, 0.15) is 5.75 Å². The summed E-state index contributed by atoms with van der Waals surface area (Å²) in [4.78, 5) is 12.6. The number of carboxylic acid groups (broad SMARTS) is 1. The highest BCUT2D eigenvalue weighted by atomic mass is 32.2. The Labute approximate surface area is 188 Å². The molecule has 1 N–H and O–H groups in total. The van der Waals surface area contributed by atoms with Crippen LogP contribution in [0.1, 0.15) is 5.56 Å². The molecule has 8 heteroatoms. The molecule has 162 valence electrons. The van der Waals surface area contributed by atoms with E-state index in [1.807, 2.05) is 54.0 Å². The minimum Gasteiger partial charge on any atom is -0.481 e. The number of nitrogens with zero attached hydrogens (tertiary/aromatic N) is 1. The number of rotatable bonds is 9. The Morgan fingerprint density at radius 3 is 2.55 bits per heavy atom. The Morgan fingerprint density at radius 2 is 1.84 bits per heavy atom. The summed E-state index contributed by atoms with van der Waals surface area (Å²) < 4.78 is 34.0. The molecular weight excluding hydrogens is 440 g/mol. The van der Waals surface area contributed by atoms with E-state index in [1.165, 1.54) is 24.1 Å². The molecule has 31 heavy (non-hydrogen) atoms. The van der Waals surface area contributed by atoms with E-state index < -0.39 is 24.2 Å². The first-order chi connectivity index (χ1) is 14.9. The topological polar surface area (TPSA) is 49.8 Å². The fourth-order valence-corrected chi connectivity index (χ4v) is 4.28. The maximum Gasteiger partial charge on any atom is 0.341 e. The maximum atomic E-state index is 13.5. The van der Waals surface area contributed by atoms with Crippen molar-refractivity contribution in [3.8, 4) is 16.9 Å². The quantitative estimate of drug-likeness (QED) is 0.314. The monoisotopic (exact) mass is 461 g/mol. The Hall–Kier alpha value is -2.55. The first-order valence-electron chi connectivity index (χ1n) is 9.32. The van der Waals surface area contributed by atoms with Gasteiger partial charge in [-0.1, -0.05) is 18.2 Å². The lowest BCUT2D eigenvalue weighted by Crippen LogP contribution is -2.11. The molecule has 0 fully saturated rings. The molecule has 0 radical (unpaired) electrons. The lowest BCUT2D eigenvalue weighted by Gasteiger charge is -2.18. The largest absolute Gasteiger partial charge is 0.481 e.